The van der Waals surface area contributed by atoms with Crippen LogP contribution >= 0.6 is 11.6 Å². The van der Waals surface area contributed by atoms with E-state index < -0.39 is 18.4 Å². The fourth-order valence-corrected chi connectivity index (χ4v) is 1.31. The van der Waals surface area contributed by atoms with E-state index in [4.69, 9.17) is 16.3 Å². The summed E-state index contributed by atoms with van der Waals surface area (Å²) in [5, 5.41) is 0.0805. The number of ketones is 1. The van der Waals surface area contributed by atoms with E-state index in [0.717, 1.165) is 0 Å². The van der Waals surface area contributed by atoms with Gasteiger partial charge in [0.25, 0.3) is 0 Å². The predicted octanol–water partition coefficient (Wildman–Crippen LogP) is 3.02. The summed E-state index contributed by atoms with van der Waals surface area (Å²) in [6.07, 6.45) is -5.59. The monoisotopic (exact) mass is 252 g/mol. The maximum Gasteiger partial charge on any atom is 0.450 e. The van der Waals surface area contributed by atoms with Crippen molar-refractivity contribution in [3.8, 4) is 5.75 Å². The molecule has 0 atom stereocenters. The highest BCUT2D eigenvalue weighted by molar-refractivity contribution is 6.31. The van der Waals surface area contributed by atoms with Crippen molar-refractivity contribution in [1.29, 1.82) is 0 Å². The molecule has 2 nitrogen and oxygen atoms in total. The first-order chi connectivity index (χ1) is 7.34. The quantitative estimate of drug-likeness (QED) is 0.827. The van der Waals surface area contributed by atoms with Gasteiger partial charge in [-0.1, -0.05) is 17.7 Å². The van der Waals surface area contributed by atoms with Crippen LogP contribution < -0.4 is 4.74 Å². The van der Waals surface area contributed by atoms with Gasteiger partial charge in [-0.2, -0.15) is 13.2 Å². The zero-order chi connectivity index (χ0) is 12.3. The first-order valence-electron chi connectivity index (χ1n) is 4.27. The Kier molecular flexibility index (Phi) is 3.80. The smallest absolute Gasteiger partial charge is 0.450 e. The second-order valence-electron chi connectivity index (χ2n) is 3.06. The number of benzene rings is 1. The summed E-state index contributed by atoms with van der Waals surface area (Å²) in [5.41, 5.74) is 0.129. The zero-order valence-electron chi connectivity index (χ0n) is 8.27. The normalized spacial score (nSPS) is 11.3. The molecule has 88 valence electrons. The number of Topliss-reactive ketones (excluding diaryl/α,β-unsaturated/α-hetero) is 1. The highest BCUT2D eigenvalue weighted by Gasteiger charge is 2.38. The third-order valence-electron chi connectivity index (χ3n) is 1.93. The molecule has 16 heavy (non-hydrogen) atoms. The molecule has 6 heteroatoms. The van der Waals surface area contributed by atoms with Crippen molar-refractivity contribution in [2.45, 2.75) is 12.6 Å². The van der Waals surface area contributed by atoms with Gasteiger partial charge >= 0.3 is 6.18 Å². The second-order valence-corrected chi connectivity index (χ2v) is 3.46. The Hall–Kier alpha value is -1.23. The van der Waals surface area contributed by atoms with Crippen molar-refractivity contribution >= 4 is 17.4 Å². The van der Waals surface area contributed by atoms with E-state index in [2.05, 4.69) is 0 Å². The van der Waals surface area contributed by atoms with Gasteiger partial charge in [0.1, 0.15) is 5.75 Å². The Balaban J connectivity index is 2.87. The Morgan fingerprint density at radius 2 is 2.06 bits per heavy atom. The number of rotatable bonds is 3. The molecule has 0 spiro atoms. The van der Waals surface area contributed by atoms with E-state index in [1.165, 1.54) is 25.3 Å². The van der Waals surface area contributed by atoms with E-state index in [1.54, 1.807) is 0 Å². The van der Waals surface area contributed by atoms with Crippen LogP contribution in [-0.2, 0) is 11.2 Å². The SMILES string of the molecule is COc1ccc(CC(=O)C(F)(F)F)c(Cl)c1. The molecular formula is C10H8ClF3O2. The standard InChI is InChI=1S/C10H8ClF3O2/c1-16-7-3-2-6(8(11)5-7)4-9(15)10(12,13)14/h2-3,5H,4H2,1H3. The number of alkyl halides is 3. The number of hydrogen-bond acceptors (Lipinski definition) is 2. The van der Waals surface area contributed by atoms with Gasteiger partial charge in [-0.3, -0.25) is 4.79 Å². The molecule has 0 aromatic heterocycles. The topological polar surface area (TPSA) is 26.3 Å². The Morgan fingerprint density at radius 1 is 1.44 bits per heavy atom. The van der Waals surface area contributed by atoms with Crippen LogP contribution in [0.15, 0.2) is 18.2 Å². The van der Waals surface area contributed by atoms with Gasteiger partial charge < -0.3 is 4.74 Å². The molecule has 1 aromatic carbocycles. The van der Waals surface area contributed by atoms with Gasteiger partial charge in [0, 0.05) is 11.4 Å². The third-order valence-corrected chi connectivity index (χ3v) is 2.28. The van der Waals surface area contributed by atoms with Crippen molar-refractivity contribution < 1.29 is 22.7 Å². The van der Waals surface area contributed by atoms with E-state index in [1.807, 2.05) is 0 Å². The maximum absolute atomic E-state index is 12.0. The van der Waals surface area contributed by atoms with Crippen LogP contribution in [-0.4, -0.2) is 19.1 Å². The average Bonchev–Trinajstić information content (AvgIpc) is 2.19. The lowest BCUT2D eigenvalue weighted by atomic mass is 10.1. The van der Waals surface area contributed by atoms with Crippen molar-refractivity contribution in [3.63, 3.8) is 0 Å². The van der Waals surface area contributed by atoms with Gasteiger partial charge in [-0.25, -0.2) is 0 Å². The molecule has 0 radical (unpaired) electrons. The minimum Gasteiger partial charge on any atom is -0.497 e. The summed E-state index contributed by atoms with van der Waals surface area (Å²) in [7, 11) is 1.41. The Labute approximate surface area is 95.0 Å². The molecule has 0 fully saturated rings. The maximum atomic E-state index is 12.0. The summed E-state index contributed by atoms with van der Waals surface area (Å²) in [6, 6.07) is 4.15. The minimum atomic E-state index is -4.83. The summed E-state index contributed by atoms with van der Waals surface area (Å²) >= 11 is 5.70. The fourth-order valence-electron chi connectivity index (χ4n) is 1.07. The molecule has 1 aromatic rings. The number of carbonyl (C=O) groups excluding carboxylic acids is 1. The number of ether oxygens (including phenoxy) is 1. The largest absolute Gasteiger partial charge is 0.497 e. The van der Waals surface area contributed by atoms with Crippen LogP contribution in [0.2, 0.25) is 5.02 Å². The molecule has 0 heterocycles. The van der Waals surface area contributed by atoms with E-state index >= 15 is 0 Å². The van der Waals surface area contributed by atoms with Crippen LogP contribution in [0.1, 0.15) is 5.56 Å². The number of halogens is 4. The van der Waals surface area contributed by atoms with Crippen LogP contribution in [0.3, 0.4) is 0 Å². The highest BCUT2D eigenvalue weighted by atomic mass is 35.5. The zero-order valence-corrected chi connectivity index (χ0v) is 9.02. The summed E-state index contributed by atoms with van der Waals surface area (Å²) < 4.78 is 40.8. The lowest BCUT2D eigenvalue weighted by Crippen LogP contribution is -2.24. The van der Waals surface area contributed by atoms with Gasteiger partial charge in [-0.15, -0.1) is 0 Å². The summed E-state index contributed by atoms with van der Waals surface area (Å²) in [4.78, 5) is 10.7. The number of methoxy groups -OCH3 is 1. The van der Waals surface area contributed by atoms with Gasteiger partial charge in [0.15, 0.2) is 0 Å². The van der Waals surface area contributed by atoms with Crippen LogP contribution in [0.4, 0.5) is 13.2 Å². The first-order valence-corrected chi connectivity index (χ1v) is 4.65. The molecule has 0 bridgehead atoms. The Bertz CT molecular complexity index is 402. The lowest BCUT2D eigenvalue weighted by molar-refractivity contribution is -0.170. The molecule has 0 N–H and O–H groups in total. The van der Waals surface area contributed by atoms with E-state index in [-0.39, 0.29) is 10.6 Å². The molecule has 0 aliphatic heterocycles. The molecule has 0 aliphatic carbocycles. The molecule has 1 rings (SSSR count). The fraction of sp³-hybridized carbons (Fsp3) is 0.300. The molecule has 0 aliphatic rings. The number of hydrogen-bond donors (Lipinski definition) is 0. The molecule has 0 unspecified atom stereocenters. The second kappa shape index (κ2) is 4.74. The average molecular weight is 253 g/mol. The van der Waals surface area contributed by atoms with E-state index in [9.17, 15) is 18.0 Å². The third kappa shape index (κ3) is 3.13. The van der Waals surface area contributed by atoms with Gasteiger partial charge in [0.2, 0.25) is 5.78 Å². The first kappa shape index (κ1) is 12.8. The predicted molar refractivity (Wildman–Crippen MR) is 52.8 cm³/mol. The van der Waals surface area contributed by atoms with Crippen molar-refractivity contribution in [2.75, 3.05) is 7.11 Å². The van der Waals surface area contributed by atoms with Crippen molar-refractivity contribution in [3.05, 3.63) is 28.8 Å². The number of carbonyl (C=O) groups is 1. The van der Waals surface area contributed by atoms with Crippen LogP contribution in [0.25, 0.3) is 0 Å². The summed E-state index contributed by atoms with van der Waals surface area (Å²) in [6.45, 7) is 0. The molecular weight excluding hydrogens is 245 g/mol. The molecule has 0 amide bonds. The van der Waals surface area contributed by atoms with Crippen molar-refractivity contribution in [2.24, 2.45) is 0 Å². The van der Waals surface area contributed by atoms with E-state index in [0.29, 0.717) is 5.75 Å². The van der Waals surface area contributed by atoms with Gasteiger partial charge in [0.05, 0.1) is 7.11 Å². The van der Waals surface area contributed by atoms with Crippen molar-refractivity contribution in [1.82, 2.24) is 0 Å². The molecule has 0 saturated carbocycles. The van der Waals surface area contributed by atoms with Crippen LogP contribution in [0.5, 0.6) is 5.75 Å². The minimum absolute atomic E-state index is 0.0805. The van der Waals surface area contributed by atoms with Crippen LogP contribution in [0, 0.1) is 0 Å². The lowest BCUT2D eigenvalue weighted by Gasteiger charge is -2.07. The summed E-state index contributed by atoms with van der Waals surface area (Å²) in [5.74, 6) is -1.40. The Morgan fingerprint density at radius 3 is 2.50 bits per heavy atom. The molecule has 0 saturated heterocycles. The van der Waals surface area contributed by atoms with Gasteiger partial charge in [-0.05, 0) is 17.7 Å². The highest BCUT2D eigenvalue weighted by Crippen LogP contribution is 2.25.